The second kappa shape index (κ2) is 2.91. The van der Waals surface area contributed by atoms with Crippen molar-refractivity contribution in [1.82, 2.24) is 20.9 Å². The maximum Gasteiger partial charge on any atom is 0.114 e. The molecule has 7 N–H and O–H groups in total. The van der Waals surface area contributed by atoms with Crippen LogP contribution in [0.4, 0.5) is 0 Å². The summed E-state index contributed by atoms with van der Waals surface area (Å²) in [6.45, 7) is 0.793. The van der Waals surface area contributed by atoms with E-state index in [4.69, 9.17) is 11.5 Å². The van der Waals surface area contributed by atoms with Crippen LogP contribution in [0.1, 0.15) is 0 Å². The lowest BCUT2D eigenvalue weighted by Crippen LogP contribution is -2.73. The largest absolute Gasteiger partial charge is 0.314 e. The fourth-order valence-electron chi connectivity index (χ4n) is 1.83. The lowest BCUT2D eigenvalue weighted by molar-refractivity contribution is 0.0568. The second-order valence-corrected chi connectivity index (χ2v) is 3.36. The Bertz CT molecular complexity index is 173. The molecule has 0 spiro atoms. The van der Waals surface area contributed by atoms with Crippen LogP contribution in [0.2, 0.25) is 0 Å². The van der Waals surface area contributed by atoms with Gasteiger partial charge in [0.25, 0.3) is 0 Å². The van der Waals surface area contributed by atoms with Crippen LogP contribution in [-0.4, -0.2) is 43.3 Å². The van der Waals surface area contributed by atoms with Crippen molar-refractivity contribution in [3.8, 4) is 0 Å². The fourth-order valence-corrected chi connectivity index (χ4v) is 1.83. The Morgan fingerprint density at radius 3 is 2.83 bits per heavy atom. The number of fused-ring (bicyclic) bond motifs is 1. The van der Waals surface area contributed by atoms with E-state index in [1.54, 1.807) is 0 Å². The lowest BCUT2D eigenvalue weighted by atomic mass is 10.1. The van der Waals surface area contributed by atoms with Crippen LogP contribution in [0, 0.1) is 0 Å². The molecule has 0 bridgehead atoms. The molecule has 0 aromatic rings. The first-order valence-corrected chi connectivity index (χ1v) is 4.16. The molecule has 2 heterocycles. The second-order valence-electron chi connectivity index (χ2n) is 3.36. The highest BCUT2D eigenvalue weighted by molar-refractivity contribution is 4.97. The molecule has 2 aliphatic rings. The molecule has 0 aromatic heterocycles. The van der Waals surface area contributed by atoms with Gasteiger partial charge in [0.2, 0.25) is 0 Å². The Hall–Kier alpha value is -0.240. The number of hydrogen-bond acceptors (Lipinski definition) is 6. The summed E-state index contributed by atoms with van der Waals surface area (Å²) in [6.07, 6.45) is 0.0149. The van der Waals surface area contributed by atoms with Gasteiger partial charge in [-0.3, -0.25) is 20.9 Å². The van der Waals surface area contributed by atoms with Gasteiger partial charge in [-0.05, 0) is 7.05 Å². The van der Waals surface area contributed by atoms with Crippen LogP contribution in [0.3, 0.4) is 0 Å². The molecule has 2 rings (SSSR count). The monoisotopic (exact) mass is 172 g/mol. The Morgan fingerprint density at radius 1 is 1.33 bits per heavy atom. The third-order valence-corrected chi connectivity index (χ3v) is 2.62. The number of rotatable bonds is 0. The minimum Gasteiger partial charge on any atom is -0.314 e. The van der Waals surface area contributed by atoms with E-state index in [9.17, 15) is 0 Å². The van der Waals surface area contributed by atoms with Crippen LogP contribution in [0.5, 0.6) is 0 Å². The molecule has 2 fully saturated rings. The Kier molecular flexibility index (Phi) is 2.03. The summed E-state index contributed by atoms with van der Waals surface area (Å²) in [5, 5.41) is 9.63. The molecule has 4 atom stereocenters. The standard InChI is InChI=1S/C6H16N6/c1-12-5-3(9-2-10-5)4(7)11-6(12)8/h3-6,9-11H,2,7-8H2,1H3. The van der Waals surface area contributed by atoms with E-state index in [-0.39, 0.29) is 24.7 Å². The van der Waals surface area contributed by atoms with Crippen molar-refractivity contribution in [2.75, 3.05) is 13.7 Å². The van der Waals surface area contributed by atoms with Gasteiger partial charge < -0.3 is 11.5 Å². The zero-order chi connectivity index (χ0) is 8.72. The first-order valence-electron chi connectivity index (χ1n) is 4.16. The van der Waals surface area contributed by atoms with Gasteiger partial charge in [0.1, 0.15) is 6.29 Å². The molecule has 12 heavy (non-hydrogen) atoms. The molecular weight excluding hydrogens is 156 g/mol. The van der Waals surface area contributed by atoms with E-state index in [1.165, 1.54) is 0 Å². The number of nitrogens with zero attached hydrogens (tertiary/aromatic N) is 1. The van der Waals surface area contributed by atoms with Crippen molar-refractivity contribution in [1.29, 1.82) is 0 Å². The summed E-state index contributed by atoms with van der Waals surface area (Å²) in [6, 6.07) is 0.245. The van der Waals surface area contributed by atoms with E-state index in [2.05, 4.69) is 16.0 Å². The molecule has 6 nitrogen and oxygen atoms in total. The van der Waals surface area contributed by atoms with Crippen LogP contribution >= 0.6 is 0 Å². The predicted octanol–water partition coefficient (Wildman–Crippen LogP) is -3.11. The lowest BCUT2D eigenvalue weighted by Gasteiger charge is -2.42. The summed E-state index contributed by atoms with van der Waals surface area (Å²) >= 11 is 0. The number of nitrogens with one attached hydrogen (secondary N) is 3. The molecular formula is C6H16N6. The topological polar surface area (TPSA) is 91.4 Å². The summed E-state index contributed by atoms with van der Waals surface area (Å²) < 4.78 is 0. The predicted molar refractivity (Wildman–Crippen MR) is 45.6 cm³/mol. The fraction of sp³-hybridized carbons (Fsp3) is 1.00. The van der Waals surface area contributed by atoms with Crippen molar-refractivity contribution in [3.05, 3.63) is 0 Å². The number of hydrogen-bond donors (Lipinski definition) is 5. The van der Waals surface area contributed by atoms with Gasteiger partial charge in [-0.15, -0.1) is 0 Å². The minimum atomic E-state index is -0.159. The quantitative estimate of drug-likeness (QED) is 0.266. The van der Waals surface area contributed by atoms with Crippen LogP contribution < -0.4 is 27.4 Å². The maximum absolute atomic E-state index is 5.85. The third-order valence-electron chi connectivity index (χ3n) is 2.62. The highest BCUT2D eigenvalue weighted by Gasteiger charge is 2.40. The SMILES string of the molecule is CN1C(N)NC(N)C2NCNC21. The van der Waals surface area contributed by atoms with Gasteiger partial charge in [-0.1, -0.05) is 0 Å². The molecule has 2 saturated heterocycles. The van der Waals surface area contributed by atoms with E-state index in [0.717, 1.165) is 6.67 Å². The van der Waals surface area contributed by atoms with Crippen LogP contribution in [0.25, 0.3) is 0 Å². The van der Waals surface area contributed by atoms with E-state index in [0.29, 0.717) is 0 Å². The highest BCUT2D eigenvalue weighted by Crippen LogP contribution is 2.11. The number of nitrogens with two attached hydrogens (primary N) is 2. The van der Waals surface area contributed by atoms with E-state index >= 15 is 0 Å². The molecule has 0 amide bonds. The molecule has 0 aromatic carbocycles. The van der Waals surface area contributed by atoms with Gasteiger partial charge in [-0.2, -0.15) is 0 Å². The van der Waals surface area contributed by atoms with Gasteiger partial charge in [0.05, 0.1) is 18.4 Å². The average molecular weight is 172 g/mol. The third kappa shape index (κ3) is 1.13. The molecule has 0 radical (unpaired) electrons. The maximum atomic E-state index is 5.85. The van der Waals surface area contributed by atoms with Gasteiger partial charge in [0.15, 0.2) is 0 Å². The summed E-state index contributed by atoms with van der Waals surface area (Å²) in [5.74, 6) is 0. The Morgan fingerprint density at radius 2 is 2.08 bits per heavy atom. The van der Waals surface area contributed by atoms with Gasteiger partial charge in [0, 0.05) is 6.67 Å². The van der Waals surface area contributed by atoms with Gasteiger partial charge in [-0.25, -0.2) is 0 Å². The van der Waals surface area contributed by atoms with Gasteiger partial charge >= 0.3 is 0 Å². The Labute approximate surface area is 71.6 Å². The summed E-state index contributed by atoms with van der Waals surface area (Å²) in [4.78, 5) is 2.04. The smallest absolute Gasteiger partial charge is 0.114 e. The van der Waals surface area contributed by atoms with Crippen molar-refractivity contribution in [2.45, 2.75) is 24.7 Å². The van der Waals surface area contributed by atoms with Crippen LogP contribution in [0.15, 0.2) is 0 Å². The molecule has 4 unspecified atom stereocenters. The number of likely N-dealkylation sites (N-methyl/N-ethyl adjacent to an activating group) is 1. The summed E-state index contributed by atoms with van der Waals surface area (Å²) in [5.41, 5.74) is 11.6. The van der Waals surface area contributed by atoms with Crippen molar-refractivity contribution in [2.24, 2.45) is 11.5 Å². The zero-order valence-corrected chi connectivity index (χ0v) is 7.12. The zero-order valence-electron chi connectivity index (χ0n) is 7.12. The molecule has 0 aliphatic carbocycles. The molecule has 2 aliphatic heterocycles. The average Bonchev–Trinajstić information content (AvgIpc) is 2.48. The highest BCUT2D eigenvalue weighted by atomic mass is 15.5. The van der Waals surface area contributed by atoms with Crippen LogP contribution in [-0.2, 0) is 0 Å². The first kappa shape index (κ1) is 8.36. The van der Waals surface area contributed by atoms with Crippen molar-refractivity contribution in [3.63, 3.8) is 0 Å². The normalized spacial score (nSPS) is 49.2. The molecule has 0 saturated carbocycles. The Balaban J connectivity index is 2.12. The van der Waals surface area contributed by atoms with E-state index < -0.39 is 0 Å². The van der Waals surface area contributed by atoms with Crippen molar-refractivity contribution >= 4 is 0 Å². The molecule has 6 heteroatoms. The van der Waals surface area contributed by atoms with E-state index in [1.807, 2.05) is 11.9 Å². The minimum absolute atomic E-state index is 0.0730. The summed E-state index contributed by atoms with van der Waals surface area (Å²) in [7, 11) is 1.97. The molecule has 70 valence electrons. The van der Waals surface area contributed by atoms with Crippen molar-refractivity contribution < 1.29 is 0 Å². The first-order chi connectivity index (χ1) is 5.70.